The van der Waals surface area contributed by atoms with E-state index in [9.17, 15) is 4.79 Å². The van der Waals surface area contributed by atoms with Gasteiger partial charge in [-0.1, -0.05) is 28.1 Å². The number of halogens is 1. The van der Waals surface area contributed by atoms with Gasteiger partial charge in [-0.2, -0.15) is 0 Å². The molecule has 1 aliphatic rings. The van der Waals surface area contributed by atoms with E-state index >= 15 is 0 Å². The summed E-state index contributed by atoms with van der Waals surface area (Å²) in [6.45, 7) is 0.355. The highest BCUT2D eigenvalue weighted by Crippen LogP contribution is 2.42. The Balaban J connectivity index is 2.07. The second-order valence-electron chi connectivity index (χ2n) is 5.29. The number of benzene rings is 1. The van der Waals surface area contributed by atoms with Crippen LogP contribution in [0.25, 0.3) is 0 Å². The predicted molar refractivity (Wildman–Crippen MR) is 82.3 cm³/mol. The minimum absolute atomic E-state index is 0.00183. The summed E-state index contributed by atoms with van der Waals surface area (Å²) in [5, 5.41) is 3.18. The average molecular weight is 341 g/mol. The lowest BCUT2D eigenvalue weighted by Gasteiger charge is -2.43. The molecule has 0 heterocycles. The molecule has 20 heavy (non-hydrogen) atoms. The van der Waals surface area contributed by atoms with E-state index in [1.165, 1.54) is 0 Å². The molecule has 0 spiro atoms. The third-order valence-corrected chi connectivity index (χ3v) is 4.47. The standard InChI is InChI=1S/C15H21BrN2O2/c1-20-13(10-17)9-14(19)18-15(6-3-7-15)11-4-2-5-12(16)8-11/h2,4-5,8,13H,3,6-7,9-10,17H2,1H3,(H,18,19). The van der Waals surface area contributed by atoms with E-state index in [1.54, 1.807) is 7.11 Å². The van der Waals surface area contributed by atoms with Gasteiger partial charge in [-0.05, 0) is 37.0 Å². The number of rotatable bonds is 6. The van der Waals surface area contributed by atoms with E-state index in [4.69, 9.17) is 10.5 Å². The fourth-order valence-corrected chi connectivity index (χ4v) is 2.99. The molecule has 4 nitrogen and oxygen atoms in total. The van der Waals surface area contributed by atoms with Crippen LogP contribution in [0.4, 0.5) is 0 Å². The summed E-state index contributed by atoms with van der Waals surface area (Å²) in [7, 11) is 1.58. The van der Waals surface area contributed by atoms with Crippen LogP contribution in [-0.4, -0.2) is 25.7 Å². The first-order valence-corrected chi connectivity index (χ1v) is 7.69. The number of nitrogens with two attached hydrogens (primary N) is 1. The number of hydrogen-bond acceptors (Lipinski definition) is 3. The van der Waals surface area contributed by atoms with Gasteiger partial charge in [0.15, 0.2) is 0 Å². The average Bonchev–Trinajstić information content (AvgIpc) is 2.40. The lowest BCUT2D eigenvalue weighted by molar-refractivity contribution is -0.126. The Morgan fingerprint density at radius 1 is 1.55 bits per heavy atom. The summed E-state index contributed by atoms with van der Waals surface area (Å²) in [6.07, 6.45) is 3.19. The summed E-state index contributed by atoms with van der Waals surface area (Å²) < 4.78 is 6.20. The molecule has 3 N–H and O–H groups in total. The van der Waals surface area contributed by atoms with Gasteiger partial charge >= 0.3 is 0 Å². The molecule has 0 saturated heterocycles. The van der Waals surface area contributed by atoms with Crippen LogP contribution in [0.3, 0.4) is 0 Å². The van der Waals surface area contributed by atoms with Crippen molar-refractivity contribution in [3.8, 4) is 0 Å². The highest BCUT2D eigenvalue weighted by molar-refractivity contribution is 9.10. The summed E-state index contributed by atoms with van der Waals surface area (Å²) in [6, 6.07) is 8.15. The molecule has 1 fully saturated rings. The van der Waals surface area contributed by atoms with Crippen LogP contribution in [0.2, 0.25) is 0 Å². The molecule has 1 unspecified atom stereocenters. The normalized spacial score (nSPS) is 18.1. The molecule has 1 atom stereocenters. The smallest absolute Gasteiger partial charge is 0.223 e. The maximum Gasteiger partial charge on any atom is 0.223 e. The van der Waals surface area contributed by atoms with Crippen LogP contribution >= 0.6 is 15.9 Å². The van der Waals surface area contributed by atoms with Crippen molar-refractivity contribution in [2.24, 2.45) is 5.73 Å². The molecule has 0 aliphatic heterocycles. The molecule has 0 radical (unpaired) electrons. The Bertz CT molecular complexity index is 471. The number of ether oxygens (including phenoxy) is 1. The van der Waals surface area contributed by atoms with Crippen molar-refractivity contribution in [1.29, 1.82) is 0 Å². The Kier molecular flexibility index (Phi) is 5.18. The molecule has 110 valence electrons. The van der Waals surface area contributed by atoms with Gasteiger partial charge in [0.2, 0.25) is 5.91 Å². The first-order chi connectivity index (χ1) is 9.59. The van der Waals surface area contributed by atoms with Crippen molar-refractivity contribution in [1.82, 2.24) is 5.32 Å². The first-order valence-electron chi connectivity index (χ1n) is 6.89. The highest BCUT2D eigenvalue weighted by Gasteiger charge is 2.40. The van der Waals surface area contributed by atoms with Crippen molar-refractivity contribution in [2.75, 3.05) is 13.7 Å². The second kappa shape index (κ2) is 6.70. The quantitative estimate of drug-likeness (QED) is 0.835. The van der Waals surface area contributed by atoms with Gasteiger partial charge in [-0.3, -0.25) is 4.79 Å². The zero-order chi connectivity index (χ0) is 14.6. The maximum atomic E-state index is 12.2. The molecule has 5 heteroatoms. The van der Waals surface area contributed by atoms with Gasteiger partial charge in [0, 0.05) is 18.1 Å². The van der Waals surface area contributed by atoms with E-state index in [0.717, 1.165) is 29.3 Å². The first kappa shape index (κ1) is 15.5. The van der Waals surface area contributed by atoms with Crippen LogP contribution in [0, 0.1) is 0 Å². The van der Waals surface area contributed by atoms with Crippen LogP contribution in [0.15, 0.2) is 28.7 Å². The Morgan fingerprint density at radius 2 is 2.30 bits per heavy atom. The van der Waals surface area contributed by atoms with Crippen LogP contribution < -0.4 is 11.1 Å². The molecule has 1 aliphatic carbocycles. The minimum atomic E-state index is -0.215. The number of carbonyl (C=O) groups excluding carboxylic acids is 1. The van der Waals surface area contributed by atoms with E-state index < -0.39 is 0 Å². The maximum absolute atomic E-state index is 12.2. The molecule has 1 amide bonds. The second-order valence-corrected chi connectivity index (χ2v) is 6.21. The lowest BCUT2D eigenvalue weighted by Crippen LogP contribution is -2.51. The van der Waals surface area contributed by atoms with E-state index in [2.05, 4.69) is 33.4 Å². The Hall–Kier alpha value is -0.910. The lowest BCUT2D eigenvalue weighted by atomic mass is 9.71. The van der Waals surface area contributed by atoms with Gasteiger partial charge in [-0.15, -0.1) is 0 Å². The minimum Gasteiger partial charge on any atom is -0.380 e. The number of carbonyl (C=O) groups is 1. The van der Waals surface area contributed by atoms with Crippen LogP contribution in [0.1, 0.15) is 31.2 Å². The molecule has 1 aromatic carbocycles. The molecular weight excluding hydrogens is 320 g/mol. The third-order valence-electron chi connectivity index (χ3n) is 3.97. The van der Waals surface area contributed by atoms with E-state index in [1.807, 2.05) is 12.1 Å². The van der Waals surface area contributed by atoms with Crippen LogP contribution in [-0.2, 0) is 15.1 Å². The highest BCUT2D eigenvalue weighted by atomic mass is 79.9. The Labute approximate surface area is 128 Å². The van der Waals surface area contributed by atoms with Gasteiger partial charge in [0.1, 0.15) is 0 Å². The summed E-state index contributed by atoms with van der Waals surface area (Å²) in [5.74, 6) is 0.00183. The number of methoxy groups -OCH3 is 1. The van der Waals surface area contributed by atoms with Gasteiger partial charge in [0.25, 0.3) is 0 Å². The molecule has 2 rings (SSSR count). The molecule has 0 aromatic heterocycles. The van der Waals surface area contributed by atoms with Crippen molar-refractivity contribution < 1.29 is 9.53 Å². The van der Waals surface area contributed by atoms with Crippen molar-refractivity contribution in [3.63, 3.8) is 0 Å². The monoisotopic (exact) mass is 340 g/mol. The zero-order valence-corrected chi connectivity index (χ0v) is 13.3. The van der Waals surface area contributed by atoms with Crippen LogP contribution in [0.5, 0.6) is 0 Å². The van der Waals surface area contributed by atoms with Crippen molar-refractivity contribution >= 4 is 21.8 Å². The summed E-state index contributed by atoms with van der Waals surface area (Å²) >= 11 is 3.49. The summed E-state index contributed by atoms with van der Waals surface area (Å²) in [4.78, 5) is 12.2. The molecule has 1 saturated carbocycles. The zero-order valence-electron chi connectivity index (χ0n) is 11.7. The third kappa shape index (κ3) is 3.40. The van der Waals surface area contributed by atoms with Gasteiger partial charge in [0.05, 0.1) is 18.1 Å². The number of hydrogen-bond donors (Lipinski definition) is 2. The number of nitrogens with one attached hydrogen (secondary N) is 1. The molecule has 1 aromatic rings. The molecule has 0 bridgehead atoms. The predicted octanol–water partition coefficient (Wildman–Crippen LogP) is 2.31. The summed E-state index contributed by atoms with van der Waals surface area (Å²) in [5.41, 5.74) is 6.51. The fourth-order valence-electron chi connectivity index (χ4n) is 2.59. The Morgan fingerprint density at radius 3 is 2.80 bits per heavy atom. The molecular formula is C15H21BrN2O2. The number of amides is 1. The fraction of sp³-hybridized carbons (Fsp3) is 0.533. The van der Waals surface area contributed by atoms with E-state index in [-0.39, 0.29) is 17.6 Å². The van der Waals surface area contributed by atoms with Crippen molar-refractivity contribution in [3.05, 3.63) is 34.3 Å². The van der Waals surface area contributed by atoms with Gasteiger partial charge in [-0.25, -0.2) is 0 Å². The van der Waals surface area contributed by atoms with E-state index in [0.29, 0.717) is 13.0 Å². The van der Waals surface area contributed by atoms with Gasteiger partial charge < -0.3 is 15.8 Å². The topological polar surface area (TPSA) is 64.3 Å². The van der Waals surface area contributed by atoms with Crippen molar-refractivity contribution in [2.45, 2.75) is 37.3 Å². The SMILES string of the molecule is COC(CN)CC(=O)NC1(c2cccc(Br)c2)CCC1. The largest absolute Gasteiger partial charge is 0.380 e.